The van der Waals surface area contributed by atoms with E-state index in [0.717, 1.165) is 0 Å². The lowest BCUT2D eigenvalue weighted by molar-refractivity contribution is -0.0505. The van der Waals surface area contributed by atoms with Crippen LogP contribution in [0.4, 0.5) is 8.78 Å². The van der Waals surface area contributed by atoms with Gasteiger partial charge in [-0.2, -0.15) is 8.78 Å². The van der Waals surface area contributed by atoms with Crippen molar-refractivity contribution in [2.24, 2.45) is 4.99 Å². The number of benzene rings is 1. The summed E-state index contributed by atoms with van der Waals surface area (Å²) in [5, 5.41) is 5.88. The van der Waals surface area contributed by atoms with Gasteiger partial charge in [0.25, 0.3) is 0 Å². The van der Waals surface area contributed by atoms with E-state index in [1.165, 1.54) is 50.8 Å². The minimum atomic E-state index is -3.66. The van der Waals surface area contributed by atoms with Crippen molar-refractivity contribution in [1.29, 1.82) is 0 Å². The zero-order chi connectivity index (χ0) is 22.0. The molecule has 0 aliphatic heterocycles. The third-order valence-corrected chi connectivity index (χ3v) is 5.25. The maximum atomic E-state index is 12.6. The molecule has 2 aromatic rings. The molecule has 2 rings (SSSR count). The van der Waals surface area contributed by atoms with Gasteiger partial charge in [0.05, 0.1) is 7.11 Å². The van der Waals surface area contributed by atoms with Crippen molar-refractivity contribution in [1.82, 2.24) is 20.3 Å². The first kappa shape index (κ1) is 23.3. The Morgan fingerprint density at radius 2 is 2.03 bits per heavy atom. The molecule has 0 bridgehead atoms. The fraction of sp³-hybridized carbons (Fsp3) is 0.333. The van der Waals surface area contributed by atoms with Gasteiger partial charge in [-0.05, 0) is 30.3 Å². The van der Waals surface area contributed by atoms with Gasteiger partial charge in [-0.25, -0.2) is 13.1 Å². The first-order valence-electron chi connectivity index (χ1n) is 8.81. The van der Waals surface area contributed by atoms with Crippen LogP contribution in [0.15, 0.2) is 52.6 Å². The minimum absolute atomic E-state index is 0.0120. The summed E-state index contributed by atoms with van der Waals surface area (Å²) >= 11 is 0. The Morgan fingerprint density at radius 1 is 1.23 bits per heavy atom. The van der Waals surface area contributed by atoms with Crippen molar-refractivity contribution in [3.8, 4) is 11.5 Å². The number of nitrogens with one attached hydrogen (secondary N) is 3. The molecule has 0 saturated heterocycles. The molecule has 0 unspecified atom stereocenters. The quantitative estimate of drug-likeness (QED) is 0.288. The lowest BCUT2D eigenvalue weighted by atomic mass is 10.2. The number of hydrogen-bond acceptors (Lipinski definition) is 6. The molecule has 12 heteroatoms. The van der Waals surface area contributed by atoms with E-state index in [9.17, 15) is 17.2 Å². The van der Waals surface area contributed by atoms with Crippen LogP contribution in [-0.2, 0) is 16.6 Å². The number of aliphatic imine (C=N–C) groups is 1. The summed E-state index contributed by atoms with van der Waals surface area (Å²) in [7, 11) is -0.669. The highest BCUT2D eigenvalue weighted by molar-refractivity contribution is 7.89. The van der Waals surface area contributed by atoms with Gasteiger partial charge in [-0.1, -0.05) is 0 Å². The second kappa shape index (κ2) is 11.3. The molecular formula is C18H23F2N5O4S. The summed E-state index contributed by atoms with van der Waals surface area (Å²) in [6.07, 6.45) is 2.74. The van der Waals surface area contributed by atoms with Gasteiger partial charge in [0.15, 0.2) is 5.96 Å². The highest BCUT2D eigenvalue weighted by Crippen LogP contribution is 2.25. The Hall–Kier alpha value is -2.99. The molecule has 0 spiro atoms. The smallest absolute Gasteiger partial charge is 0.387 e. The van der Waals surface area contributed by atoms with Gasteiger partial charge < -0.3 is 20.1 Å². The molecule has 0 aliphatic carbocycles. The fourth-order valence-corrected chi connectivity index (χ4v) is 3.38. The van der Waals surface area contributed by atoms with Crippen molar-refractivity contribution >= 4 is 16.0 Å². The monoisotopic (exact) mass is 443 g/mol. The fourth-order valence-electron chi connectivity index (χ4n) is 2.39. The van der Waals surface area contributed by atoms with Gasteiger partial charge in [0.1, 0.15) is 16.4 Å². The van der Waals surface area contributed by atoms with Crippen LogP contribution in [0, 0.1) is 0 Å². The summed E-state index contributed by atoms with van der Waals surface area (Å²) in [5.74, 6) is 0.848. The first-order valence-corrected chi connectivity index (χ1v) is 10.3. The van der Waals surface area contributed by atoms with E-state index in [1.54, 1.807) is 6.07 Å². The largest absolute Gasteiger partial charge is 0.497 e. The number of guanidine groups is 1. The first-order chi connectivity index (χ1) is 14.4. The van der Waals surface area contributed by atoms with Gasteiger partial charge in [-0.3, -0.25) is 9.98 Å². The molecule has 0 aliphatic rings. The lowest BCUT2D eigenvalue weighted by Crippen LogP contribution is -2.41. The summed E-state index contributed by atoms with van der Waals surface area (Å²) in [6, 6.07) is 7.45. The Labute approximate surface area is 173 Å². The minimum Gasteiger partial charge on any atom is -0.497 e. The second-order valence-electron chi connectivity index (χ2n) is 5.79. The maximum absolute atomic E-state index is 12.6. The molecule has 0 radical (unpaired) electrons. The third-order valence-electron chi connectivity index (χ3n) is 3.81. The molecule has 0 atom stereocenters. The van der Waals surface area contributed by atoms with E-state index < -0.39 is 16.6 Å². The Morgan fingerprint density at radius 3 is 2.67 bits per heavy atom. The summed E-state index contributed by atoms with van der Waals surface area (Å²) in [4.78, 5) is 7.86. The highest BCUT2D eigenvalue weighted by atomic mass is 32.2. The number of nitrogens with zero attached hydrogens (tertiary/aromatic N) is 2. The molecular weight excluding hydrogens is 420 g/mol. The van der Waals surface area contributed by atoms with E-state index >= 15 is 0 Å². The molecule has 3 N–H and O–H groups in total. The van der Waals surface area contributed by atoms with Gasteiger partial charge >= 0.3 is 6.61 Å². The number of alkyl halides is 2. The number of hydrogen-bond donors (Lipinski definition) is 3. The molecule has 0 fully saturated rings. The Bertz CT molecular complexity index is 943. The van der Waals surface area contributed by atoms with Gasteiger partial charge in [0, 0.05) is 44.6 Å². The average molecular weight is 443 g/mol. The van der Waals surface area contributed by atoms with Gasteiger partial charge in [-0.15, -0.1) is 0 Å². The van der Waals surface area contributed by atoms with Crippen molar-refractivity contribution in [3.63, 3.8) is 0 Å². The van der Waals surface area contributed by atoms with Crippen LogP contribution in [0.2, 0.25) is 0 Å². The normalized spacial score (nSPS) is 12.0. The van der Waals surface area contributed by atoms with E-state index in [0.29, 0.717) is 17.3 Å². The number of methoxy groups -OCH3 is 1. The third kappa shape index (κ3) is 7.12. The average Bonchev–Trinajstić information content (AvgIpc) is 2.74. The molecule has 0 saturated carbocycles. The van der Waals surface area contributed by atoms with Crippen LogP contribution in [-0.4, -0.2) is 53.2 Å². The predicted octanol–water partition coefficient (Wildman–Crippen LogP) is 1.34. The molecule has 1 heterocycles. The standard InChI is InChI=1S/C18H23F2N5O4S/c1-21-18(23-8-9-25-30(26,27)15-4-3-7-22-12-15)24-11-13-10-14(28-2)5-6-16(13)29-17(19)20/h3-7,10,12,17,25H,8-9,11H2,1-2H3,(H2,21,23,24). The number of pyridine rings is 1. The summed E-state index contributed by atoms with van der Waals surface area (Å²) in [5.41, 5.74) is 0.440. The molecule has 0 amide bonds. The maximum Gasteiger partial charge on any atom is 0.387 e. The van der Waals surface area contributed by atoms with E-state index in [2.05, 4.69) is 30.1 Å². The molecule has 164 valence electrons. The van der Waals surface area contributed by atoms with Crippen molar-refractivity contribution in [2.75, 3.05) is 27.2 Å². The zero-order valence-corrected chi connectivity index (χ0v) is 17.2. The van der Waals surface area contributed by atoms with Gasteiger partial charge in [0.2, 0.25) is 10.0 Å². The van der Waals surface area contributed by atoms with E-state index in [-0.39, 0.29) is 30.3 Å². The number of sulfonamides is 1. The summed E-state index contributed by atoms with van der Waals surface area (Å²) < 4.78 is 61.5. The predicted molar refractivity (Wildman–Crippen MR) is 107 cm³/mol. The molecule has 1 aromatic heterocycles. The number of halogens is 2. The van der Waals surface area contributed by atoms with Crippen LogP contribution in [0.5, 0.6) is 11.5 Å². The molecule has 30 heavy (non-hydrogen) atoms. The van der Waals surface area contributed by atoms with E-state index in [1.807, 2.05) is 0 Å². The number of ether oxygens (including phenoxy) is 2. The van der Waals surface area contributed by atoms with Crippen molar-refractivity contribution in [2.45, 2.75) is 18.1 Å². The van der Waals surface area contributed by atoms with Crippen LogP contribution in [0.25, 0.3) is 0 Å². The van der Waals surface area contributed by atoms with E-state index in [4.69, 9.17) is 4.74 Å². The highest BCUT2D eigenvalue weighted by Gasteiger charge is 2.14. The topological polar surface area (TPSA) is 114 Å². The number of rotatable bonds is 10. The van der Waals surface area contributed by atoms with Crippen LogP contribution in [0.1, 0.15) is 5.56 Å². The van der Waals surface area contributed by atoms with Crippen LogP contribution in [0.3, 0.4) is 0 Å². The van der Waals surface area contributed by atoms with Crippen molar-refractivity contribution < 1.29 is 26.7 Å². The molecule has 1 aromatic carbocycles. The molecule has 9 nitrogen and oxygen atoms in total. The summed E-state index contributed by atoms with van der Waals surface area (Å²) in [6.45, 7) is -2.50. The van der Waals surface area contributed by atoms with Crippen molar-refractivity contribution in [3.05, 3.63) is 48.3 Å². The lowest BCUT2D eigenvalue weighted by Gasteiger charge is -2.15. The second-order valence-corrected chi connectivity index (χ2v) is 7.56. The zero-order valence-electron chi connectivity index (χ0n) is 16.4. The SMILES string of the molecule is CN=C(NCCNS(=O)(=O)c1cccnc1)NCc1cc(OC)ccc1OC(F)F. The van der Waals surface area contributed by atoms with Crippen LogP contribution < -0.4 is 24.8 Å². The van der Waals surface area contributed by atoms with Crippen LogP contribution >= 0.6 is 0 Å². The number of aromatic nitrogens is 1. The Kier molecular flexibility index (Phi) is 8.74. The Balaban J connectivity index is 1.88.